The van der Waals surface area contributed by atoms with Crippen LogP contribution in [0.15, 0.2) is 206 Å². The Morgan fingerprint density at radius 1 is 0.483 bits per heavy atom. The van der Waals surface area contributed by atoms with E-state index in [0.29, 0.717) is 17.0 Å². The van der Waals surface area contributed by atoms with Crippen LogP contribution >= 0.6 is 0 Å². The lowest BCUT2D eigenvalue weighted by Gasteiger charge is -2.16. The molecule has 0 fully saturated rings. The largest absolute Gasteiger partial charge is 0.507 e. The summed E-state index contributed by atoms with van der Waals surface area (Å²) in [7, 11) is 0. The molecular weight excluding hydrogens is 733 g/mol. The molecule has 8 aromatic carbocycles. The molecule has 0 saturated heterocycles. The molecule has 1 N–H and O–H groups in total. The van der Waals surface area contributed by atoms with Crippen LogP contribution in [0.1, 0.15) is 9.68 Å². The number of hydrogen-bond acceptors (Lipinski definition) is 3. The van der Waals surface area contributed by atoms with Crippen molar-refractivity contribution in [2.45, 2.75) is 6.85 Å². The zero-order chi connectivity index (χ0) is 42.7. The second-order valence-corrected chi connectivity index (χ2v) is 15.0. The van der Waals surface area contributed by atoms with E-state index in [1.165, 1.54) is 0 Å². The first-order valence-corrected chi connectivity index (χ1v) is 20.0. The first-order valence-electron chi connectivity index (χ1n) is 21.5. The standard InChI is InChI=1S/C55H38N4O/c1-36-27-29-37(30-28-36)39-31-32-56-48(35-39)47-34-40(33-46-44-20-9-12-24-50(44)58(54(46)47)41-17-6-3-7-18-41)43-22-14-25-51-53(43)57-55(45-21-10-13-26-52(45)60)59(51)49-23-11-8-19-42(49)38-15-4-2-5-16-38/h2-35,60H,1H3/i1D3. The van der Waals surface area contributed by atoms with Gasteiger partial charge in [-0.05, 0) is 95.8 Å². The number of phenolic OH excluding ortho intramolecular Hbond substituents is 1. The SMILES string of the molecule is [2H]C([2H])([2H])c1ccc(-c2ccnc(-c3cc(-c4cccc5c4nc(-c4ccccc4O)n5-c4ccccc4-c4ccccc4)cc4c5ccccc5n(-c5ccccc5)c34)c2)cc1. The molecule has 0 radical (unpaired) electrons. The summed E-state index contributed by atoms with van der Waals surface area (Å²) in [4.78, 5) is 10.5. The van der Waals surface area contributed by atoms with Gasteiger partial charge in [0.1, 0.15) is 11.6 Å². The summed E-state index contributed by atoms with van der Waals surface area (Å²) >= 11 is 0. The van der Waals surface area contributed by atoms with E-state index in [0.717, 1.165) is 88.9 Å². The van der Waals surface area contributed by atoms with Crippen molar-refractivity contribution in [3.63, 3.8) is 0 Å². The second-order valence-electron chi connectivity index (χ2n) is 15.0. The number of aromatic nitrogens is 4. The molecule has 5 heteroatoms. The fourth-order valence-corrected chi connectivity index (χ4v) is 8.66. The van der Waals surface area contributed by atoms with Crippen molar-refractivity contribution < 1.29 is 9.22 Å². The van der Waals surface area contributed by atoms with Crippen molar-refractivity contribution >= 4 is 32.8 Å². The molecule has 3 aromatic heterocycles. The monoisotopic (exact) mass is 773 g/mol. The predicted octanol–water partition coefficient (Wildman–Crippen LogP) is 13.9. The van der Waals surface area contributed by atoms with Gasteiger partial charge in [0.15, 0.2) is 0 Å². The molecule has 0 aliphatic heterocycles. The summed E-state index contributed by atoms with van der Waals surface area (Å²) in [6.07, 6.45) is 1.82. The summed E-state index contributed by atoms with van der Waals surface area (Å²) in [6, 6.07) is 66.8. The quantitative estimate of drug-likeness (QED) is 0.175. The number of pyridine rings is 1. The van der Waals surface area contributed by atoms with Crippen LogP contribution in [0, 0.1) is 6.85 Å². The maximum atomic E-state index is 11.4. The molecule has 0 atom stereocenters. The third-order valence-electron chi connectivity index (χ3n) is 11.4. The third kappa shape index (κ3) is 5.87. The zero-order valence-corrected chi connectivity index (χ0v) is 32.4. The number of hydrogen-bond donors (Lipinski definition) is 1. The topological polar surface area (TPSA) is 55.9 Å². The second kappa shape index (κ2) is 14.4. The molecule has 11 rings (SSSR count). The van der Waals surface area contributed by atoms with Crippen LogP contribution < -0.4 is 0 Å². The summed E-state index contributed by atoms with van der Waals surface area (Å²) in [5, 5.41) is 13.5. The molecule has 284 valence electrons. The molecule has 11 aromatic rings. The van der Waals surface area contributed by atoms with Crippen molar-refractivity contribution in [3.8, 4) is 73.2 Å². The number of nitrogens with zero attached hydrogens (tertiary/aromatic N) is 4. The molecule has 3 heterocycles. The highest BCUT2D eigenvalue weighted by atomic mass is 16.3. The average Bonchev–Trinajstić information content (AvgIpc) is 3.88. The normalized spacial score (nSPS) is 12.4. The zero-order valence-electron chi connectivity index (χ0n) is 35.4. The van der Waals surface area contributed by atoms with Crippen molar-refractivity contribution in [1.82, 2.24) is 19.1 Å². The molecule has 0 bridgehead atoms. The van der Waals surface area contributed by atoms with E-state index >= 15 is 0 Å². The molecule has 0 aliphatic carbocycles. The maximum absolute atomic E-state index is 11.4. The summed E-state index contributed by atoms with van der Waals surface area (Å²) in [6.45, 7) is -2.19. The van der Waals surface area contributed by atoms with E-state index in [-0.39, 0.29) is 5.75 Å². The van der Waals surface area contributed by atoms with Gasteiger partial charge in [0.2, 0.25) is 0 Å². The van der Waals surface area contributed by atoms with E-state index in [1.807, 2.05) is 79.0 Å². The minimum absolute atomic E-state index is 0.143. The van der Waals surface area contributed by atoms with E-state index in [1.54, 1.807) is 18.2 Å². The Labute approximate surface area is 352 Å². The van der Waals surface area contributed by atoms with Crippen molar-refractivity contribution in [1.29, 1.82) is 0 Å². The van der Waals surface area contributed by atoms with Crippen LogP contribution in [0.2, 0.25) is 0 Å². The molecule has 0 aliphatic rings. The van der Waals surface area contributed by atoms with Crippen LogP contribution in [-0.4, -0.2) is 24.2 Å². The number of benzene rings is 8. The van der Waals surface area contributed by atoms with Gasteiger partial charge in [-0.25, -0.2) is 4.98 Å². The number of fused-ring (bicyclic) bond motifs is 4. The lowest BCUT2D eigenvalue weighted by molar-refractivity contribution is 0.477. The number of aryl methyl sites for hydroxylation is 1. The molecular formula is C55H38N4O. The number of para-hydroxylation sites is 5. The van der Waals surface area contributed by atoms with Crippen molar-refractivity contribution in [2.75, 3.05) is 0 Å². The highest BCUT2D eigenvalue weighted by molar-refractivity contribution is 6.16. The van der Waals surface area contributed by atoms with Crippen molar-refractivity contribution in [3.05, 3.63) is 212 Å². The number of rotatable bonds is 7. The molecule has 5 nitrogen and oxygen atoms in total. The Bertz CT molecular complexity index is 3500. The minimum atomic E-state index is -2.19. The molecule has 0 saturated carbocycles. The fraction of sp³-hybridized carbons (Fsp3) is 0.0182. The Kier molecular flexibility index (Phi) is 7.69. The van der Waals surface area contributed by atoms with Gasteiger partial charge >= 0.3 is 0 Å². The molecule has 0 amide bonds. The number of imidazole rings is 1. The van der Waals surface area contributed by atoms with E-state index in [9.17, 15) is 5.11 Å². The van der Waals surface area contributed by atoms with Gasteiger partial charge < -0.3 is 9.67 Å². The highest BCUT2D eigenvalue weighted by Gasteiger charge is 2.24. The van der Waals surface area contributed by atoms with E-state index in [2.05, 4.69) is 118 Å². The van der Waals surface area contributed by atoms with Gasteiger partial charge in [-0.1, -0.05) is 139 Å². The lowest BCUT2D eigenvalue weighted by Crippen LogP contribution is -2.00. The van der Waals surface area contributed by atoms with Gasteiger partial charge in [-0.3, -0.25) is 9.55 Å². The van der Waals surface area contributed by atoms with Crippen LogP contribution in [0.5, 0.6) is 5.75 Å². The van der Waals surface area contributed by atoms with Crippen LogP contribution in [0.25, 0.3) is 100 Å². The van der Waals surface area contributed by atoms with Crippen LogP contribution in [0.3, 0.4) is 0 Å². The Morgan fingerprint density at radius 2 is 1.18 bits per heavy atom. The lowest BCUT2D eigenvalue weighted by atomic mass is 9.95. The predicted molar refractivity (Wildman–Crippen MR) is 247 cm³/mol. The van der Waals surface area contributed by atoms with Crippen LogP contribution in [0.4, 0.5) is 0 Å². The fourth-order valence-electron chi connectivity index (χ4n) is 8.66. The van der Waals surface area contributed by atoms with E-state index in [4.69, 9.17) is 14.1 Å². The Morgan fingerprint density at radius 3 is 2.00 bits per heavy atom. The number of phenols is 1. The smallest absolute Gasteiger partial charge is 0.149 e. The Balaban J connectivity index is 1.20. The molecule has 0 unspecified atom stereocenters. The van der Waals surface area contributed by atoms with Crippen molar-refractivity contribution in [2.24, 2.45) is 0 Å². The third-order valence-corrected chi connectivity index (χ3v) is 11.4. The van der Waals surface area contributed by atoms with Gasteiger partial charge in [-0.2, -0.15) is 0 Å². The van der Waals surface area contributed by atoms with E-state index < -0.39 is 6.85 Å². The van der Waals surface area contributed by atoms with Gasteiger partial charge in [0, 0.05) is 43.5 Å². The first-order chi connectivity index (χ1) is 30.8. The highest BCUT2D eigenvalue weighted by Crippen LogP contribution is 2.44. The summed E-state index contributed by atoms with van der Waals surface area (Å²) in [5.41, 5.74) is 14.1. The van der Waals surface area contributed by atoms with Gasteiger partial charge in [0.25, 0.3) is 0 Å². The Hall–Kier alpha value is -8.02. The summed E-state index contributed by atoms with van der Waals surface area (Å²) < 4.78 is 28.2. The van der Waals surface area contributed by atoms with Gasteiger partial charge in [0.05, 0.1) is 39.0 Å². The first kappa shape index (κ1) is 32.0. The molecule has 0 spiro atoms. The van der Waals surface area contributed by atoms with Crippen LogP contribution in [-0.2, 0) is 0 Å². The van der Waals surface area contributed by atoms with Gasteiger partial charge in [-0.15, -0.1) is 0 Å². The average molecular weight is 774 g/mol. The summed E-state index contributed by atoms with van der Waals surface area (Å²) in [5.74, 6) is 0.768. The molecule has 60 heavy (non-hydrogen) atoms. The maximum Gasteiger partial charge on any atom is 0.149 e. The number of aromatic hydroxyl groups is 1. The minimum Gasteiger partial charge on any atom is -0.507 e.